The zero-order valence-corrected chi connectivity index (χ0v) is 12.0. The normalized spacial score (nSPS) is 10.3. The smallest absolute Gasteiger partial charge is 0.274 e. The summed E-state index contributed by atoms with van der Waals surface area (Å²) in [5, 5.41) is 2.60. The lowest BCUT2D eigenvalue weighted by atomic mass is 10.1. The van der Waals surface area contributed by atoms with Crippen molar-refractivity contribution in [1.29, 1.82) is 0 Å². The molecule has 1 N–H and O–H groups in total. The molecule has 6 heteroatoms. The molecule has 1 heterocycles. The SMILES string of the molecule is O=C(Nc1ccc(F)c(CCF)c1)c1ccc(Br)cn1. The van der Waals surface area contributed by atoms with Gasteiger partial charge in [-0.3, -0.25) is 9.18 Å². The molecule has 0 aliphatic rings. The first kappa shape index (κ1) is 14.6. The van der Waals surface area contributed by atoms with Crippen LogP contribution in [0.4, 0.5) is 14.5 Å². The van der Waals surface area contributed by atoms with Crippen LogP contribution in [0.2, 0.25) is 0 Å². The Balaban J connectivity index is 2.15. The van der Waals surface area contributed by atoms with Crippen LogP contribution in [0, 0.1) is 5.82 Å². The number of aromatic nitrogens is 1. The van der Waals surface area contributed by atoms with Gasteiger partial charge in [0.2, 0.25) is 0 Å². The number of amides is 1. The molecule has 0 fully saturated rings. The van der Waals surface area contributed by atoms with Crippen molar-refractivity contribution >= 4 is 27.5 Å². The standard InChI is InChI=1S/C14H11BrF2N2O/c15-10-1-4-13(18-8-10)14(20)19-11-2-3-12(17)9(7-11)5-6-16/h1-4,7-8H,5-6H2,(H,19,20). The number of pyridine rings is 1. The lowest BCUT2D eigenvalue weighted by Crippen LogP contribution is -2.13. The van der Waals surface area contributed by atoms with Crippen molar-refractivity contribution < 1.29 is 13.6 Å². The molecule has 104 valence electrons. The van der Waals surface area contributed by atoms with Crippen molar-refractivity contribution in [2.45, 2.75) is 6.42 Å². The fourth-order valence-corrected chi connectivity index (χ4v) is 1.89. The summed E-state index contributed by atoms with van der Waals surface area (Å²) in [5.41, 5.74) is 0.878. The number of carbonyl (C=O) groups excluding carboxylic acids is 1. The monoisotopic (exact) mass is 340 g/mol. The fraction of sp³-hybridized carbons (Fsp3) is 0.143. The third-order valence-electron chi connectivity index (χ3n) is 2.63. The number of nitrogens with one attached hydrogen (secondary N) is 1. The summed E-state index contributed by atoms with van der Waals surface area (Å²) >= 11 is 3.22. The first-order valence-corrected chi connectivity index (χ1v) is 6.67. The Morgan fingerprint density at radius 2 is 2.10 bits per heavy atom. The molecular formula is C14H11BrF2N2O. The minimum Gasteiger partial charge on any atom is -0.321 e. The maximum atomic E-state index is 13.4. The summed E-state index contributed by atoms with van der Waals surface area (Å²) in [4.78, 5) is 15.9. The van der Waals surface area contributed by atoms with Gasteiger partial charge in [-0.05, 0) is 51.8 Å². The summed E-state index contributed by atoms with van der Waals surface area (Å²) in [5.74, 6) is -0.891. The van der Waals surface area contributed by atoms with Crippen LogP contribution in [0.3, 0.4) is 0 Å². The van der Waals surface area contributed by atoms with Gasteiger partial charge in [0.05, 0.1) is 6.67 Å². The highest BCUT2D eigenvalue weighted by Gasteiger charge is 2.09. The number of anilines is 1. The van der Waals surface area contributed by atoms with Gasteiger partial charge in [0.25, 0.3) is 5.91 Å². The number of benzene rings is 1. The Morgan fingerprint density at radius 1 is 1.30 bits per heavy atom. The van der Waals surface area contributed by atoms with E-state index in [9.17, 15) is 13.6 Å². The minimum absolute atomic E-state index is 0.0217. The number of carbonyl (C=O) groups is 1. The number of alkyl halides is 1. The predicted octanol–water partition coefficient (Wildman–Crippen LogP) is 3.75. The second-order valence-corrected chi connectivity index (χ2v) is 4.98. The topological polar surface area (TPSA) is 42.0 Å². The molecule has 2 rings (SSSR count). The number of rotatable bonds is 4. The van der Waals surface area contributed by atoms with Gasteiger partial charge >= 0.3 is 0 Å². The maximum Gasteiger partial charge on any atom is 0.274 e. The lowest BCUT2D eigenvalue weighted by Gasteiger charge is -2.07. The first-order valence-electron chi connectivity index (χ1n) is 5.87. The van der Waals surface area contributed by atoms with Crippen LogP contribution in [-0.2, 0) is 6.42 Å². The number of hydrogen-bond donors (Lipinski definition) is 1. The van der Waals surface area contributed by atoms with E-state index in [1.54, 1.807) is 12.1 Å². The summed E-state index contributed by atoms with van der Waals surface area (Å²) < 4.78 is 26.4. The average Bonchev–Trinajstić information content (AvgIpc) is 2.43. The third-order valence-corrected chi connectivity index (χ3v) is 3.10. The van der Waals surface area contributed by atoms with Crippen LogP contribution in [-0.4, -0.2) is 17.6 Å². The average molecular weight is 341 g/mol. The van der Waals surface area contributed by atoms with Crippen molar-refractivity contribution in [1.82, 2.24) is 4.98 Å². The second kappa shape index (κ2) is 6.56. The Hall–Kier alpha value is -1.82. The zero-order valence-electron chi connectivity index (χ0n) is 10.4. The molecule has 0 bridgehead atoms. The second-order valence-electron chi connectivity index (χ2n) is 4.06. The molecule has 0 saturated carbocycles. The van der Waals surface area contributed by atoms with E-state index < -0.39 is 18.4 Å². The van der Waals surface area contributed by atoms with Gasteiger partial charge in [0.1, 0.15) is 11.5 Å². The van der Waals surface area contributed by atoms with Crippen molar-refractivity contribution in [2.75, 3.05) is 12.0 Å². The van der Waals surface area contributed by atoms with Crippen LogP contribution in [0.1, 0.15) is 16.1 Å². The molecular weight excluding hydrogens is 330 g/mol. The van der Waals surface area contributed by atoms with Gasteiger partial charge < -0.3 is 5.32 Å². The van der Waals surface area contributed by atoms with E-state index >= 15 is 0 Å². The summed E-state index contributed by atoms with van der Waals surface area (Å²) in [6.45, 7) is -0.650. The fourth-order valence-electron chi connectivity index (χ4n) is 1.65. The summed E-state index contributed by atoms with van der Waals surface area (Å²) in [6, 6.07) is 7.31. The van der Waals surface area contributed by atoms with E-state index in [-0.39, 0.29) is 17.7 Å². The molecule has 1 aromatic carbocycles. The Kier molecular flexibility index (Phi) is 4.79. The van der Waals surface area contributed by atoms with Crippen LogP contribution in [0.5, 0.6) is 0 Å². The third kappa shape index (κ3) is 3.60. The molecule has 3 nitrogen and oxygen atoms in total. The molecule has 2 aromatic rings. The predicted molar refractivity (Wildman–Crippen MR) is 76.0 cm³/mol. The molecule has 0 saturated heterocycles. The quantitative estimate of drug-likeness (QED) is 0.920. The maximum absolute atomic E-state index is 13.4. The van der Waals surface area contributed by atoms with Crippen molar-refractivity contribution in [3.63, 3.8) is 0 Å². The molecule has 20 heavy (non-hydrogen) atoms. The van der Waals surface area contributed by atoms with E-state index in [1.807, 2.05) is 0 Å². The van der Waals surface area contributed by atoms with Gasteiger partial charge in [0.15, 0.2) is 0 Å². The number of aryl methyl sites for hydroxylation is 1. The molecule has 0 aliphatic carbocycles. The van der Waals surface area contributed by atoms with Gasteiger partial charge in [-0.15, -0.1) is 0 Å². The highest BCUT2D eigenvalue weighted by Crippen LogP contribution is 2.16. The number of hydrogen-bond acceptors (Lipinski definition) is 2. The van der Waals surface area contributed by atoms with E-state index in [4.69, 9.17) is 0 Å². The van der Waals surface area contributed by atoms with Crippen molar-refractivity contribution in [2.24, 2.45) is 0 Å². The van der Waals surface area contributed by atoms with Crippen LogP contribution in [0.15, 0.2) is 41.0 Å². The molecule has 0 aliphatic heterocycles. The van der Waals surface area contributed by atoms with Gasteiger partial charge in [-0.2, -0.15) is 0 Å². The Morgan fingerprint density at radius 3 is 2.75 bits per heavy atom. The molecule has 0 atom stereocenters. The summed E-state index contributed by atoms with van der Waals surface area (Å²) in [6.07, 6.45) is 1.49. The van der Waals surface area contributed by atoms with Gasteiger partial charge in [-0.25, -0.2) is 9.37 Å². The van der Waals surface area contributed by atoms with E-state index in [1.165, 1.54) is 24.4 Å². The molecule has 0 spiro atoms. The van der Waals surface area contributed by atoms with E-state index in [0.29, 0.717) is 5.69 Å². The molecule has 1 amide bonds. The highest BCUT2D eigenvalue weighted by atomic mass is 79.9. The van der Waals surface area contributed by atoms with E-state index in [0.717, 1.165) is 4.47 Å². The largest absolute Gasteiger partial charge is 0.321 e. The zero-order chi connectivity index (χ0) is 14.5. The Labute approximate surface area is 123 Å². The van der Waals surface area contributed by atoms with Gasteiger partial charge in [-0.1, -0.05) is 0 Å². The molecule has 1 aromatic heterocycles. The van der Waals surface area contributed by atoms with Crippen LogP contribution >= 0.6 is 15.9 Å². The Bertz CT molecular complexity index is 617. The minimum atomic E-state index is -0.650. The molecule has 0 radical (unpaired) electrons. The van der Waals surface area contributed by atoms with Crippen LogP contribution in [0.25, 0.3) is 0 Å². The summed E-state index contributed by atoms with van der Waals surface area (Å²) in [7, 11) is 0. The van der Waals surface area contributed by atoms with Crippen LogP contribution < -0.4 is 5.32 Å². The number of nitrogens with zero attached hydrogens (tertiary/aromatic N) is 1. The van der Waals surface area contributed by atoms with E-state index in [2.05, 4.69) is 26.2 Å². The van der Waals surface area contributed by atoms with Crippen molar-refractivity contribution in [3.8, 4) is 0 Å². The lowest BCUT2D eigenvalue weighted by molar-refractivity contribution is 0.102. The highest BCUT2D eigenvalue weighted by molar-refractivity contribution is 9.10. The number of halogens is 3. The molecule has 0 unspecified atom stereocenters. The first-order chi connectivity index (χ1) is 9.60. The van der Waals surface area contributed by atoms with Crippen molar-refractivity contribution in [3.05, 3.63) is 58.1 Å². The van der Waals surface area contributed by atoms with Gasteiger partial charge in [0, 0.05) is 22.8 Å².